The molecular weight excluding hydrogens is 232 g/mol. The van der Waals surface area contributed by atoms with E-state index < -0.39 is 0 Å². The van der Waals surface area contributed by atoms with Gasteiger partial charge in [-0.25, -0.2) is 0 Å². The fraction of sp³-hybridized carbons (Fsp3) is 0.571. The third kappa shape index (κ3) is 3.84. The lowest BCUT2D eigenvalue weighted by Gasteiger charge is -2.23. The van der Waals surface area contributed by atoms with Gasteiger partial charge in [-0.3, -0.25) is 0 Å². The van der Waals surface area contributed by atoms with E-state index in [4.69, 9.17) is 9.47 Å². The molecule has 0 aliphatic heterocycles. The van der Waals surface area contributed by atoms with Crippen molar-refractivity contribution in [2.45, 2.75) is 50.2 Å². The van der Waals surface area contributed by atoms with Gasteiger partial charge in [-0.1, -0.05) is 0 Å². The predicted octanol–water partition coefficient (Wildman–Crippen LogP) is 4.13. The van der Waals surface area contributed by atoms with Crippen LogP contribution in [0, 0.1) is 0 Å². The van der Waals surface area contributed by atoms with Crippen LogP contribution in [0.1, 0.15) is 33.6 Å². The van der Waals surface area contributed by atoms with Crippen molar-refractivity contribution in [1.82, 2.24) is 0 Å². The molecule has 17 heavy (non-hydrogen) atoms. The van der Waals surface area contributed by atoms with Gasteiger partial charge in [0.15, 0.2) is 11.5 Å². The first-order chi connectivity index (χ1) is 7.98. The first-order valence-corrected chi connectivity index (χ1v) is 7.24. The Kier molecular flexibility index (Phi) is 3.57. The Balaban J connectivity index is 2.22. The van der Waals surface area contributed by atoms with E-state index >= 15 is 0 Å². The number of rotatable bonds is 4. The predicted molar refractivity (Wildman–Crippen MR) is 72.3 cm³/mol. The molecule has 0 atom stereocenters. The summed E-state index contributed by atoms with van der Waals surface area (Å²) in [7, 11) is 0. The topological polar surface area (TPSA) is 18.5 Å². The van der Waals surface area contributed by atoms with Crippen molar-refractivity contribution >= 4 is 11.8 Å². The normalized spacial score (nSPS) is 15.8. The van der Waals surface area contributed by atoms with E-state index in [0.29, 0.717) is 6.10 Å². The maximum Gasteiger partial charge on any atom is 0.163 e. The van der Waals surface area contributed by atoms with Crippen LogP contribution in [0.3, 0.4) is 0 Å². The molecule has 0 saturated heterocycles. The van der Waals surface area contributed by atoms with Crippen molar-refractivity contribution in [2.24, 2.45) is 0 Å². The maximum absolute atomic E-state index is 5.97. The zero-order chi connectivity index (χ0) is 12.5. The van der Waals surface area contributed by atoms with Gasteiger partial charge in [0, 0.05) is 4.90 Å². The summed E-state index contributed by atoms with van der Waals surface area (Å²) in [5.41, 5.74) is -0.196. The lowest BCUT2D eigenvalue weighted by molar-refractivity contribution is 0.122. The van der Waals surface area contributed by atoms with Crippen LogP contribution < -0.4 is 9.47 Å². The first kappa shape index (κ1) is 12.6. The van der Waals surface area contributed by atoms with E-state index in [-0.39, 0.29) is 5.60 Å². The van der Waals surface area contributed by atoms with Crippen LogP contribution in [-0.2, 0) is 0 Å². The van der Waals surface area contributed by atoms with E-state index in [0.717, 1.165) is 11.5 Å². The minimum absolute atomic E-state index is 0.196. The Morgan fingerprint density at radius 3 is 2.41 bits per heavy atom. The first-order valence-electron chi connectivity index (χ1n) is 6.01. The SMILES string of the molecule is CSc1ccc(OC2CC2)c(OC(C)(C)C)c1. The highest BCUT2D eigenvalue weighted by molar-refractivity contribution is 7.98. The summed E-state index contributed by atoms with van der Waals surface area (Å²) in [5.74, 6) is 1.73. The summed E-state index contributed by atoms with van der Waals surface area (Å²) in [6.07, 6.45) is 4.80. The average Bonchev–Trinajstić information content (AvgIpc) is 3.02. The Labute approximate surface area is 108 Å². The molecule has 0 radical (unpaired) electrons. The maximum atomic E-state index is 5.97. The molecule has 0 heterocycles. The smallest absolute Gasteiger partial charge is 0.163 e. The Morgan fingerprint density at radius 1 is 1.18 bits per heavy atom. The van der Waals surface area contributed by atoms with E-state index in [1.807, 2.05) is 6.07 Å². The minimum atomic E-state index is -0.196. The van der Waals surface area contributed by atoms with Crippen LogP contribution in [0.25, 0.3) is 0 Å². The molecule has 2 rings (SSSR count). The van der Waals surface area contributed by atoms with Gasteiger partial charge in [0.05, 0.1) is 6.10 Å². The molecule has 1 aliphatic carbocycles. The van der Waals surface area contributed by atoms with Crippen LogP contribution in [-0.4, -0.2) is 18.0 Å². The van der Waals surface area contributed by atoms with Crippen LogP contribution in [0.15, 0.2) is 23.1 Å². The molecule has 1 aliphatic rings. The number of benzene rings is 1. The largest absolute Gasteiger partial charge is 0.487 e. The molecule has 0 amide bonds. The average molecular weight is 252 g/mol. The molecule has 2 nitrogen and oxygen atoms in total. The van der Waals surface area contributed by atoms with Crippen LogP contribution >= 0.6 is 11.8 Å². The van der Waals surface area contributed by atoms with Gasteiger partial charge in [-0.2, -0.15) is 0 Å². The third-order valence-electron chi connectivity index (χ3n) is 2.39. The van der Waals surface area contributed by atoms with Gasteiger partial charge in [0.25, 0.3) is 0 Å². The second-order valence-electron chi connectivity index (χ2n) is 5.34. The lowest BCUT2D eigenvalue weighted by Crippen LogP contribution is -2.23. The molecule has 1 aromatic carbocycles. The standard InChI is InChI=1S/C14H20O2S/c1-14(2,3)16-13-9-11(17-4)7-8-12(13)15-10-5-6-10/h7-10H,5-6H2,1-4H3. The summed E-state index contributed by atoms with van der Waals surface area (Å²) in [6, 6.07) is 6.16. The van der Waals surface area contributed by atoms with Gasteiger partial charge < -0.3 is 9.47 Å². The second kappa shape index (κ2) is 4.81. The zero-order valence-corrected chi connectivity index (χ0v) is 11.8. The minimum Gasteiger partial charge on any atom is -0.487 e. The second-order valence-corrected chi connectivity index (χ2v) is 6.22. The van der Waals surface area contributed by atoms with Crippen molar-refractivity contribution in [3.05, 3.63) is 18.2 Å². The van der Waals surface area contributed by atoms with Gasteiger partial charge >= 0.3 is 0 Å². The van der Waals surface area contributed by atoms with Crippen molar-refractivity contribution in [2.75, 3.05) is 6.26 Å². The summed E-state index contributed by atoms with van der Waals surface area (Å²) in [4.78, 5) is 1.20. The number of hydrogen-bond acceptors (Lipinski definition) is 3. The van der Waals surface area contributed by atoms with E-state index in [1.54, 1.807) is 11.8 Å². The van der Waals surface area contributed by atoms with E-state index in [9.17, 15) is 0 Å². The van der Waals surface area contributed by atoms with Gasteiger partial charge in [-0.15, -0.1) is 11.8 Å². The van der Waals surface area contributed by atoms with Crippen LogP contribution in [0.2, 0.25) is 0 Å². The van der Waals surface area contributed by atoms with Gasteiger partial charge in [-0.05, 0) is 58.1 Å². The van der Waals surface area contributed by atoms with Crippen molar-refractivity contribution in [1.29, 1.82) is 0 Å². The molecule has 0 spiro atoms. The molecule has 1 aromatic rings. The van der Waals surface area contributed by atoms with Crippen LogP contribution in [0.5, 0.6) is 11.5 Å². The summed E-state index contributed by atoms with van der Waals surface area (Å²) < 4.78 is 11.8. The highest BCUT2D eigenvalue weighted by atomic mass is 32.2. The molecule has 1 fully saturated rings. The molecule has 0 unspecified atom stereocenters. The van der Waals surface area contributed by atoms with Gasteiger partial charge in [0.2, 0.25) is 0 Å². The fourth-order valence-corrected chi connectivity index (χ4v) is 1.92. The molecule has 0 N–H and O–H groups in total. The zero-order valence-electron chi connectivity index (χ0n) is 10.9. The van der Waals surface area contributed by atoms with Gasteiger partial charge in [0.1, 0.15) is 5.60 Å². The molecule has 1 saturated carbocycles. The summed E-state index contributed by atoms with van der Waals surface area (Å²) in [6.45, 7) is 6.17. The number of thioether (sulfide) groups is 1. The van der Waals surface area contributed by atoms with E-state index in [2.05, 4.69) is 39.2 Å². The van der Waals surface area contributed by atoms with Crippen molar-refractivity contribution in [3.8, 4) is 11.5 Å². The Morgan fingerprint density at radius 2 is 1.88 bits per heavy atom. The Hall–Kier alpha value is -0.830. The van der Waals surface area contributed by atoms with Crippen molar-refractivity contribution in [3.63, 3.8) is 0 Å². The number of hydrogen-bond donors (Lipinski definition) is 0. The summed E-state index contributed by atoms with van der Waals surface area (Å²) >= 11 is 1.72. The molecule has 3 heteroatoms. The molecular formula is C14H20O2S. The number of ether oxygens (including phenoxy) is 2. The van der Waals surface area contributed by atoms with E-state index in [1.165, 1.54) is 17.7 Å². The summed E-state index contributed by atoms with van der Waals surface area (Å²) in [5, 5.41) is 0. The highest BCUT2D eigenvalue weighted by Gasteiger charge is 2.26. The Bertz CT molecular complexity index is 392. The molecule has 0 aromatic heterocycles. The lowest BCUT2D eigenvalue weighted by atomic mass is 10.2. The molecule has 94 valence electrons. The monoisotopic (exact) mass is 252 g/mol. The van der Waals surface area contributed by atoms with Crippen LogP contribution in [0.4, 0.5) is 0 Å². The third-order valence-corrected chi connectivity index (χ3v) is 3.11. The highest BCUT2D eigenvalue weighted by Crippen LogP contribution is 2.37. The van der Waals surface area contributed by atoms with Crippen molar-refractivity contribution < 1.29 is 9.47 Å². The quantitative estimate of drug-likeness (QED) is 0.751. The fourth-order valence-electron chi connectivity index (χ4n) is 1.49. The molecule has 0 bridgehead atoms.